The lowest BCUT2D eigenvalue weighted by Crippen LogP contribution is -2.02. The molecule has 0 aliphatic carbocycles. The minimum atomic E-state index is 0.0226. The van der Waals surface area contributed by atoms with E-state index in [1.54, 1.807) is 11.3 Å². The summed E-state index contributed by atoms with van der Waals surface area (Å²) in [5.41, 5.74) is 2.01. The Morgan fingerprint density at radius 2 is 2.10 bits per heavy atom. The zero-order chi connectivity index (χ0) is 14.4. The van der Waals surface area contributed by atoms with E-state index in [-0.39, 0.29) is 6.61 Å². The van der Waals surface area contributed by atoms with Crippen LogP contribution in [0.2, 0.25) is 0 Å². The highest BCUT2D eigenvalue weighted by Gasteiger charge is 2.07. The van der Waals surface area contributed by atoms with Crippen LogP contribution in [0.1, 0.15) is 42.5 Å². The minimum Gasteiger partial charge on any atom is -0.493 e. The van der Waals surface area contributed by atoms with Gasteiger partial charge >= 0.3 is 0 Å². The van der Waals surface area contributed by atoms with Gasteiger partial charge in [-0.2, -0.15) is 0 Å². The molecule has 0 aliphatic heterocycles. The number of aliphatic hydroxyl groups excluding tert-OH is 1. The number of rotatable bonds is 7. The zero-order valence-electron chi connectivity index (χ0n) is 12.0. The fourth-order valence-electron chi connectivity index (χ4n) is 2.03. The van der Waals surface area contributed by atoms with Crippen molar-refractivity contribution in [3.8, 4) is 5.75 Å². The topological polar surface area (TPSA) is 42.4 Å². The fourth-order valence-corrected chi connectivity index (χ4v) is 2.86. The molecule has 0 saturated heterocycles. The van der Waals surface area contributed by atoms with Crippen LogP contribution in [0.5, 0.6) is 5.75 Å². The molecule has 4 heteroatoms. The van der Waals surface area contributed by atoms with Crippen molar-refractivity contribution < 1.29 is 9.84 Å². The summed E-state index contributed by atoms with van der Waals surface area (Å²) < 4.78 is 5.88. The number of thiazole rings is 1. The van der Waals surface area contributed by atoms with Crippen molar-refractivity contribution in [1.82, 2.24) is 4.98 Å². The molecule has 0 saturated carbocycles. The fraction of sp³-hybridized carbons (Fsp3) is 0.438. The van der Waals surface area contributed by atoms with Gasteiger partial charge in [-0.3, -0.25) is 0 Å². The second-order valence-electron chi connectivity index (χ2n) is 5.04. The van der Waals surface area contributed by atoms with Crippen molar-refractivity contribution >= 4 is 11.3 Å². The van der Waals surface area contributed by atoms with E-state index < -0.39 is 0 Å². The van der Waals surface area contributed by atoms with Gasteiger partial charge in [-0.1, -0.05) is 32.0 Å². The molecule has 0 spiro atoms. The molecule has 0 aliphatic rings. The molecule has 2 aromatic rings. The van der Waals surface area contributed by atoms with Gasteiger partial charge in [0.1, 0.15) is 5.75 Å². The Labute approximate surface area is 124 Å². The lowest BCUT2D eigenvalue weighted by molar-refractivity contribution is 0.277. The number of ether oxygens (including phenoxy) is 1. The van der Waals surface area contributed by atoms with Crippen molar-refractivity contribution in [3.63, 3.8) is 0 Å². The lowest BCUT2D eigenvalue weighted by atomic mass is 10.0. The molecule has 0 bridgehead atoms. The van der Waals surface area contributed by atoms with Crippen molar-refractivity contribution in [2.45, 2.75) is 39.2 Å². The number of aromatic nitrogens is 1. The van der Waals surface area contributed by atoms with Crippen molar-refractivity contribution in [3.05, 3.63) is 45.9 Å². The predicted molar refractivity (Wildman–Crippen MR) is 82.4 cm³/mol. The highest BCUT2D eigenvalue weighted by molar-refractivity contribution is 7.09. The van der Waals surface area contributed by atoms with E-state index in [9.17, 15) is 0 Å². The van der Waals surface area contributed by atoms with E-state index in [0.717, 1.165) is 29.3 Å². The molecule has 108 valence electrons. The van der Waals surface area contributed by atoms with Gasteiger partial charge in [0.15, 0.2) is 0 Å². The highest BCUT2D eigenvalue weighted by Crippen LogP contribution is 2.26. The minimum absolute atomic E-state index is 0.0226. The van der Waals surface area contributed by atoms with E-state index in [2.05, 4.69) is 24.9 Å². The van der Waals surface area contributed by atoms with Crippen LogP contribution in [-0.4, -0.2) is 16.7 Å². The Balaban J connectivity index is 1.81. The molecular formula is C16H21NO2S. The summed E-state index contributed by atoms with van der Waals surface area (Å²) in [7, 11) is 0. The summed E-state index contributed by atoms with van der Waals surface area (Å²) in [4.78, 5) is 4.33. The molecular weight excluding hydrogens is 270 g/mol. The summed E-state index contributed by atoms with van der Waals surface area (Å²) in [5.74, 6) is 1.45. The van der Waals surface area contributed by atoms with Crippen molar-refractivity contribution in [2.24, 2.45) is 0 Å². The summed E-state index contributed by atoms with van der Waals surface area (Å²) >= 11 is 1.60. The van der Waals surface area contributed by atoms with Crippen LogP contribution >= 0.6 is 11.3 Å². The number of aryl methyl sites for hydroxylation is 1. The summed E-state index contributed by atoms with van der Waals surface area (Å²) in [6.07, 6.45) is 1.83. The van der Waals surface area contributed by atoms with Crippen LogP contribution in [0, 0.1) is 0 Å². The standard InChI is InChI=1S/C16H21NO2S/c1-12(2)14-6-3-4-7-15(14)19-9-5-8-16-17-13(10-18)11-20-16/h3-4,6-7,11-12,18H,5,8-10H2,1-2H3. The van der Waals surface area contributed by atoms with Gasteiger partial charge < -0.3 is 9.84 Å². The lowest BCUT2D eigenvalue weighted by Gasteiger charge is -2.13. The first-order chi connectivity index (χ1) is 9.70. The average molecular weight is 291 g/mol. The molecule has 0 unspecified atom stereocenters. The van der Waals surface area contributed by atoms with Gasteiger partial charge in [-0.15, -0.1) is 11.3 Å². The second-order valence-corrected chi connectivity index (χ2v) is 5.98. The van der Waals surface area contributed by atoms with Gasteiger partial charge in [-0.25, -0.2) is 4.98 Å². The zero-order valence-corrected chi connectivity index (χ0v) is 12.8. The van der Waals surface area contributed by atoms with Crippen LogP contribution in [-0.2, 0) is 13.0 Å². The number of benzene rings is 1. The quantitative estimate of drug-likeness (QED) is 0.790. The molecule has 0 radical (unpaired) electrons. The third-order valence-electron chi connectivity index (χ3n) is 3.09. The molecule has 1 aromatic heterocycles. The molecule has 1 N–H and O–H groups in total. The third kappa shape index (κ3) is 4.05. The van der Waals surface area contributed by atoms with Crippen molar-refractivity contribution in [2.75, 3.05) is 6.61 Å². The predicted octanol–water partition coefficient (Wildman–Crippen LogP) is 3.77. The van der Waals surface area contributed by atoms with Crippen LogP contribution in [0.15, 0.2) is 29.6 Å². The van der Waals surface area contributed by atoms with Gasteiger partial charge in [0.05, 0.1) is 23.9 Å². The van der Waals surface area contributed by atoms with E-state index >= 15 is 0 Å². The third-order valence-corrected chi connectivity index (χ3v) is 4.05. The summed E-state index contributed by atoms with van der Waals surface area (Å²) in [6.45, 7) is 5.06. The van der Waals surface area contributed by atoms with Gasteiger partial charge in [0.25, 0.3) is 0 Å². The van der Waals surface area contributed by atoms with Crippen LogP contribution in [0.3, 0.4) is 0 Å². The summed E-state index contributed by atoms with van der Waals surface area (Å²) in [6, 6.07) is 8.21. The van der Waals surface area contributed by atoms with E-state index in [0.29, 0.717) is 12.5 Å². The van der Waals surface area contributed by atoms with E-state index in [1.165, 1.54) is 5.56 Å². The number of hydrogen-bond acceptors (Lipinski definition) is 4. The largest absolute Gasteiger partial charge is 0.493 e. The maximum absolute atomic E-state index is 8.97. The Bertz CT molecular complexity index is 537. The van der Waals surface area contributed by atoms with Gasteiger partial charge in [-0.05, 0) is 24.0 Å². The Hall–Kier alpha value is -1.39. The normalized spacial score (nSPS) is 11.0. The number of nitrogens with zero attached hydrogens (tertiary/aromatic N) is 1. The average Bonchev–Trinajstić information content (AvgIpc) is 2.92. The van der Waals surface area contributed by atoms with Crippen LogP contribution < -0.4 is 4.74 Å². The first-order valence-corrected chi connectivity index (χ1v) is 7.84. The monoisotopic (exact) mass is 291 g/mol. The molecule has 0 amide bonds. The molecule has 0 atom stereocenters. The maximum atomic E-state index is 8.97. The molecule has 3 nitrogen and oxygen atoms in total. The molecule has 20 heavy (non-hydrogen) atoms. The highest BCUT2D eigenvalue weighted by atomic mass is 32.1. The van der Waals surface area contributed by atoms with Gasteiger partial charge in [0.2, 0.25) is 0 Å². The Kier molecular flexibility index (Phi) is 5.56. The summed E-state index contributed by atoms with van der Waals surface area (Å²) in [5, 5.41) is 11.9. The SMILES string of the molecule is CC(C)c1ccccc1OCCCc1nc(CO)cs1. The van der Waals surface area contributed by atoms with Crippen molar-refractivity contribution in [1.29, 1.82) is 0 Å². The van der Waals surface area contributed by atoms with Crippen LogP contribution in [0.4, 0.5) is 0 Å². The first-order valence-electron chi connectivity index (χ1n) is 6.96. The first kappa shape index (κ1) is 15.0. The maximum Gasteiger partial charge on any atom is 0.122 e. The van der Waals surface area contributed by atoms with E-state index in [4.69, 9.17) is 9.84 Å². The Morgan fingerprint density at radius 1 is 1.30 bits per heavy atom. The van der Waals surface area contributed by atoms with Gasteiger partial charge in [0, 0.05) is 11.8 Å². The number of para-hydroxylation sites is 1. The number of hydrogen-bond donors (Lipinski definition) is 1. The molecule has 0 fully saturated rings. The smallest absolute Gasteiger partial charge is 0.122 e. The molecule has 2 rings (SSSR count). The van der Waals surface area contributed by atoms with E-state index in [1.807, 2.05) is 23.6 Å². The molecule has 1 aromatic carbocycles. The second kappa shape index (κ2) is 7.41. The number of aliphatic hydroxyl groups is 1. The Morgan fingerprint density at radius 3 is 2.80 bits per heavy atom. The molecule has 1 heterocycles. The van der Waals surface area contributed by atoms with Crippen LogP contribution in [0.25, 0.3) is 0 Å².